The first kappa shape index (κ1) is 10.8. The smallest absolute Gasteiger partial charge is 0.0249 e. The average molecular weight is 386 g/mol. The Labute approximate surface area is 101 Å². The average Bonchev–Trinajstić information content (AvgIpc) is 2.16. The third-order valence-corrected chi connectivity index (χ3v) is 3.65. The second-order valence-electron chi connectivity index (χ2n) is 2.72. The van der Waals surface area contributed by atoms with Gasteiger partial charge in [-0.25, -0.2) is 0 Å². The molecule has 12 heavy (non-hydrogen) atoms. The van der Waals surface area contributed by atoms with Crippen molar-refractivity contribution >= 4 is 45.2 Å². The molecule has 0 saturated carbocycles. The minimum Gasteiger partial charge on any atom is -0.0812 e. The summed E-state index contributed by atoms with van der Waals surface area (Å²) in [6, 6.07) is 6.83. The van der Waals surface area contributed by atoms with Gasteiger partial charge in [-0.2, -0.15) is 0 Å². The van der Waals surface area contributed by atoms with Crippen LogP contribution in [0.1, 0.15) is 23.6 Å². The van der Waals surface area contributed by atoms with Crippen molar-refractivity contribution < 1.29 is 0 Å². The minimum absolute atomic E-state index is 1.12. The van der Waals surface area contributed by atoms with E-state index < -0.39 is 0 Å². The molecule has 0 aliphatic carbocycles. The van der Waals surface area contributed by atoms with E-state index in [4.69, 9.17) is 0 Å². The van der Waals surface area contributed by atoms with Crippen molar-refractivity contribution in [2.75, 3.05) is 0 Å². The first-order chi connectivity index (χ1) is 5.81. The Bertz CT molecular complexity index is 256. The van der Waals surface area contributed by atoms with Crippen LogP contribution in [0.3, 0.4) is 0 Å². The van der Waals surface area contributed by atoms with Gasteiger partial charge in [0, 0.05) is 8.86 Å². The summed E-state index contributed by atoms with van der Waals surface area (Å²) in [5.41, 5.74) is 4.45. The molecule has 0 radical (unpaired) electrons. The lowest BCUT2D eigenvalue weighted by Gasteiger charge is -2.06. The van der Waals surface area contributed by atoms with E-state index in [9.17, 15) is 0 Å². The van der Waals surface area contributed by atoms with Gasteiger partial charge in [-0.3, -0.25) is 0 Å². The van der Waals surface area contributed by atoms with E-state index in [-0.39, 0.29) is 0 Å². The predicted octanol–water partition coefficient (Wildman–Crippen LogP) is 4.12. The molecule has 0 bridgehead atoms. The Kier molecular flexibility index (Phi) is 4.86. The molecule has 2 heteroatoms. The number of halogens is 2. The summed E-state index contributed by atoms with van der Waals surface area (Å²) < 4.78 is 2.25. The Morgan fingerprint density at radius 3 is 2.33 bits per heavy atom. The van der Waals surface area contributed by atoms with Gasteiger partial charge in [0.25, 0.3) is 0 Å². The van der Waals surface area contributed by atoms with Crippen molar-refractivity contribution in [3.63, 3.8) is 0 Å². The van der Waals surface area contributed by atoms with Crippen molar-refractivity contribution in [1.82, 2.24) is 0 Å². The second kappa shape index (κ2) is 5.42. The minimum atomic E-state index is 1.12. The molecule has 0 atom stereocenters. The van der Waals surface area contributed by atoms with Crippen LogP contribution in [0.5, 0.6) is 0 Å². The van der Waals surface area contributed by atoms with Gasteiger partial charge in [0.1, 0.15) is 0 Å². The van der Waals surface area contributed by atoms with Crippen LogP contribution in [0, 0.1) is 0 Å². The molecule has 0 aliphatic rings. The third-order valence-electron chi connectivity index (χ3n) is 1.95. The third kappa shape index (κ3) is 2.58. The summed E-state index contributed by atoms with van der Waals surface area (Å²) in [4.78, 5) is 0. The summed E-state index contributed by atoms with van der Waals surface area (Å²) in [6.45, 7) is 2.22. The van der Waals surface area contributed by atoms with Crippen LogP contribution in [0.2, 0.25) is 0 Å². The number of alkyl halides is 2. The van der Waals surface area contributed by atoms with Gasteiger partial charge in [0.15, 0.2) is 0 Å². The molecule has 1 aromatic carbocycles. The molecule has 0 fully saturated rings. The Morgan fingerprint density at radius 1 is 1.08 bits per heavy atom. The lowest BCUT2D eigenvalue weighted by atomic mass is 10.0. The molecule has 0 unspecified atom stereocenters. The summed E-state index contributed by atoms with van der Waals surface area (Å²) in [7, 11) is 0. The zero-order valence-electron chi connectivity index (χ0n) is 7.11. The zero-order valence-corrected chi connectivity index (χ0v) is 11.4. The predicted molar refractivity (Wildman–Crippen MR) is 71.3 cm³/mol. The number of hydrogen-bond acceptors (Lipinski definition) is 0. The molecule has 0 aromatic heterocycles. The first-order valence-electron chi connectivity index (χ1n) is 4.04. The van der Waals surface area contributed by atoms with Gasteiger partial charge in [-0.05, 0) is 23.1 Å². The molecule has 0 spiro atoms. The van der Waals surface area contributed by atoms with Crippen LogP contribution in [0.15, 0.2) is 18.2 Å². The fourth-order valence-corrected chi connectivity index (χ4v) is 2.42. The maximum atomic E-state index is 2.43. The Balaban J connectivity index is 3.02. The molecule has 1 aromatic rings. The van der Waals surface area contributed by atoms with Crippen LogP contribution in [-0.4, -0.2) is 0 Å². The molecule has 0 heterocycles. The van der Waals surface area contributed by atoms with Crippen molar-refractivity contribution in [3.05, 3.63) is 34.9 Å². The van der Waals surface area contributed by atoms with E-state index in [0.29, 0.717) is 0 Å². The van der Waals surface area contributed by atoms with Crippen molar-refractivity contribution in [2.24, 2.45) is 0 Å². The molecule has 0 aliphatic heterocycles. The first-order valence-corrected chi connectivity index (χ1v) is 7.09. The standard InChI is InChI=1S/C10H12I2/c1-2-9-4-3-8(6-11)5-10(9)7-12/h3-5H,2,6-7H2,1H3. The fourth-order valence-electron chi connectivity index (χ4n) is 1.23. The number of aryl methyl sites for hydroxylation is 1. The number of benzene rings is 1. The molecule has 0 nitrogen and oxygen atoms in total. The van der Waals surface area contributed by atoms with E-state index in [1.54, 1.807) is 0 Å². The van der Waals surface area contributed by atoms with E-state index >= 15 is 0 Å². The molecule has 0 amide bonds. The van der Waals surface area contributed by atoms with Gasteiger partial charge in [-0.1, -0.05) is 70.3 Å². The van der Waals surface area contributed by atoms with Gasteiger partial charge >= 0.3 is 0 Å². The molecular weight excluding hydrogens is 374 g/mol. The van der Waals surface area contributed by atoms with Gasteiger partial charge in [0.2, 0.25) is 0 Å². The lowest BCUT2D eigenvalue weighted by molar-refractivity contribution is 1.10. The second-order valence-corrected chi connectivity index (χ2v) is 4.25. The van der Waals surface area contributed by atoms with Crippen molar-refractivity contribution in [1.29, 1.82) is 0 Å². The molecule has 1 rings (SSSR count). The highest BCUT2D eigenvalue weighted by Gasteiger charge is 1.99. The molecular formula is C10H12I2. The van der Waals surface area contributed by atoms with Crippen molar-refractivity contribution in [3.8, 4) is 0 Å². The fraction of sp³-hybridized carbons (Fsp3) is 0.400. The quantitative estimate of drug-likeness (QED) is 0.542. The van der Waals surface area contributed by atoms with Gasteiger partial charge in [-0.15, -0.1) is 0 Å². The van der Waals surface area contributed by atoms with E-state index in [2.05, 4.69) is 70.3 Å². The Morgan fingerprint density at radius 2 is 1.83 bits per heavy atom. The van der Waals surface area contributed by atoms with Crippen LogP contribution in [-0.2, 0) is 15.3 Å². The number of hydrogen-bond donors (Lipinski definition) is 0. The summed E-state index contributed by atoms with van der Waals surface area (Å²) in [5, 5.41) is 0. The molecule has 66 valence electrons. The Hall–Kier alpha value is 0.680. The maximum Gasteiger partial charge on any atom is 0.0249 e. The van der Waals surface area contributed by atoms with E-state index in [1.807, 2.05) is 0 Å². The highest BCUT2D eigenvalue weighted by atomic mass is 127. The highest BCUT2D eigenvalue weighted by molar-refractivity contribution is 14.1. The van der Waals surface area contributed by atoms with Crippen LogP contribution < -0.4 is 0 Å². The van der Waals surface area contributed by atoms with E-state index in [0.717, 1.165) is 15.3 Å². The highest BCUT2D eigenvalue weighted by Crippen LogP contribution is 2.17. The molecule has 0 saturated heterocycles. The summed E-state index contributed by atoms with van der Waals surface area (Å²) in [5.74, 6) is 0. The van der Waals surface area contributed by atoms with Gasteiger partial charge < -0.3 is 0 Å². The van der Waals surface area contributed by atoms with Crippen LogP contribution in [0.4, 0.5) is 0 Å². The van der Waals surface area contributed by atoms with Crippen molar-refractivity contribution in [2.45, 2.75) is 22.2 Å². The number of rotatable bonds is 3. The normalized spacial score (nSPS) is 10.2. The van der Waals surface area contributed by atoms with E-state index in [1.165, 1.54) is 16.7 Å². The SMILES string of the molecule is CCc1ccc(CI)cc1CI. The van der Waals surface area contributed by atoms with Crippen LogP contribution in [0.25, 0.3) is 0 Å². The maximum absolute atomic E-state index is 2.43. The summed E-state index contributed by atoms with van der Waals surface area (Å²) in [6.07, 6.45) is 1.15. The monoisotopic (exact) mass is 386 g/mol. The lowest BCUT2D eigenvalue weighted by Crippen LogP contribution is -1.90. The molecule has 0 N–H and O–H groups in total. The van der Waals surface area contributed by atoms with Gasteiger partial charge in [0.05, 0.1) is 0 Å². The largest absolute Gasteiger partial charge is 0.0812 e. The summed E-state index contributed by atoms with van der Waals surface area (Å²) >= 11 is 4.84. The van der Waals surface area contributed by atoms with Crippen LogP contribution >= 0.6 is 45.2 Å². The zero-order chi connectivity index (χ0) is 8.97. The topological polar surface area (TPSA) is 0 Å².